The van der Waals surface area contributed by atoms with E-state index in [2.05, 4.69) is 4.98 Å². The zero-order valence-corrected chi connectivity index (χ0v) is 17.2. The van der Waals surface area contributed by atoms with Gasteiger partial charge in [0.1, 0.15) is 16.4 Å². The molecule has 0 saturated carbocycles. The highest BCUT2D eigenvalue weighted by atomic mass is 35.5. The predicted molar refractivity (Wildman–Crippen MR) is 114 cm³/mol. The lowest BCUT2D eigenvalue weighted by atomic mass is 10.2. The van der Waals surface area contributed by atoms with Crippen molar-refractivity contribution in [3.63, 3.8) is 0 Å². The minimum atomic E-state index is -0.120. The van der Waals surface area contributed by atoms with E-state index < -0.39 is 0 Å². The third kappa shape index (κ3) is 4.26. The van der Waals surface area contributed by atoms with Gasteiger partial charge in [-0.05, 0) is 47.8 Å². The van der Waals surface area contributed by atoms with Crippen LogP contribution in [0.15, 0.2) is 63.4 Å². The Hall–Kier alpha value is -2.90. The van der Waals surface area contributed by atoms with Gasteiger partial charge in [0, 0.05) is 30.6 Å². The van der Waals surface area contributed by atoms with E-state index >= 15 is 0 Å². The molecule has 0 bridgehead atoms. The van der Waals surface area contributed by atoms with Crippen molar-refractivity contribution in [1.82, 2.24) is 14.5 Å². The molecule has 4 aromatic rings. The number of halogens is 1. The number of fused-ring (bicyclic) bond motifs is 1. The van der Waals surface area contributed by atoms with Gasteiger partial charge in [0.15, 0.2) is 0 Å². The summed E-state index contributed by atoms with van der Waals surface area (Å²) in [5.41, 5.74) is 0.802. The van der Waals surface area contributed by atoms with E-state index in [4.69, 9.17) is 16.0 Å². The predicted octanol–water partition coefficient (Wildman–Crippen LogP) is 4.42. The second-order valence-corrected chi connectivity index (χ2v) is 7.99. The molecule has 4 rings (SSSR count). The molecular weight excluding hydrogens is 410 g/mol. The minimum Gasteiger partial charge on any atom is -0.459 e. The first kappa shape index (κ1) is 19.4. The molecule has 3 heterocycles. The Kier molecular flexibility index (Phi) is 5.51. The summed E-state index contributed by atoms with van der Waals surface area (Å²) >= 11 is 7.34. The lowest BCUT2D eigenvalue weighted by Gasteiger charge is -2.16. The molecule has 0 atom stereocenters. The zero-order valence-electron chi connectivity index (χ0n) is 15.7. The number of nitrogens with zero attached hydrogens (tertiary/aromatic N) is 3. The molecule has 8 heteroatoms. The molecule has 1 aromatic carbocycles. The van der Waals surface area contributed by atoms with Crippen LogP contribution in [0.1, 0.15) is 12.2 Å². The van der Waals surface area contributed by atoms with Crippen LogP contribution >= 0.6 is 22.9 Å². The highest BCUT2D eigenvalue weighted by molar-refractivity contribution is 7.16. The highest BCUT2D eigenvalue weighted by Crippen LogP contribution is 2.24. The Morgan fingerprint density at radius 1 is 1.21 bits per heavy atom. The lowest BCUT2D eigenvalue weighted by molar-refractivity contribution is -0.130. The van der Waals surface area contributed by atoms with Gasteiger partial charge in [0.25, 0.3) is 5.56 Å². The van der Waals surface area contributed by atoms with E-state index in [0.29, 0.717) is 27.5 Å². The third-order valence-electron chi connectivity index (χ3n) is 4.63. The van der Waals surface area contributed by atoms with Crippen LogP contribution in [0, 0.1) is 0 Å². The standard InChI is InChI=1S/C21H18ClN3O3S/c1-24(12-16-6-7-18(28-16)14-2-4-15(22)5-3-14)19(26)8-10-25-13-23-20-17(21(25)27)9-11-29-20/h2-7,9,11,13H,8,10,12H2,1H3. The van der Waals surface area contributed by atoms with Crippen LogP contribution in [0.5, 0.6) is 0 Å². The highest BCUT2D eigenvalue weighted by Gasteiger charge is 2.14. The Morgan fingerprint density at radius 3 is 2.79 bits per heavy atom. The van der Waals surface area contributed by atoms with Crippen molar-refractivity contribution in [1.29, 1.82) is 0 Å². The Morgan fingerprint density at radius 2 is 2.00 bits per heavy atom. The van der Waals surface area contributed by atoms with Crippen molar-refractivity contribution < 1.29 is 9.21 Å². The largest absolute Gasteiger partial charge is 0.459 e. The monoisotopic (exact) mass is 427 g/mol. The summed E-state index contributed by atoms with van der Waals surface area (Å²) in [6.07, 6.45) is 1.71. The van der Waals surface area contributed by atoms with Crippen molar-refractivity contribution in [3.8, 4) is 11.3 Å². The molecule has 0 saturated heterocycles. The van der Waals surface area contributed by atoms with Crippen LogP contribution in [0.4, 0.5) is 0 Å². The molecule has 0 aliphatic heterocycles. The SMILES string of the molecule is CN(Cc1ccc(-c2ccc(Cl)cc2)o1)C(=O)CCn1cnc2sccc2c1=O. The van der Waals surface area contributed by atoms with Crippen molar-refractivity contribution in [2.24, 2.45) is 0 Å². The van der Waals surface area contributed by atoms with Crippen LogP contribution in [0.25, 0.3) is 21.5 Å². The first-order valence-electron chi connectivity index (χ1n) is 9.02. The first-order chi connectivity index (χ1) is 14.0. The summed E-state index contributed by atoms with van der Waals surface area (Å²) in [5, 5.41) is 3.09. The van der Waals surface area contributed by atoms with Gasteiger partial charge in [-0.25, -0.2) is 4.98 Å². The van der Waals surface area contributed by atoms with Crippen molar-refractivity contribution in [3.05, 3.63) is 75.3 Å². The zero-order chi connectivity index (χ0) is 20.4. The fourth-order valence-corrected chi connectivity index (χ4v) is 3.86. The normalized spacial score (nSPS) is 11.1. The number of benzene rings is 1. The fourth-order valence-electron chi connectivity index (χ4n) is 3.01. The average molecular weight is 428 g/mol. The molecule has 0 aliphatic rings. The smallest absolute Gasteiger partial charge is 0.262 e. The van der Waals surface area contributed by atoms with Crippen molar-refractivity contribution in [2.45, 2.75) is 19.5 Å². The van der Waals surface area contributed by atoms with E-state index in [-0.39, 0.29) is 24.4 Å². The molecule has 0 N–H and O–H groups in total. The molecule has 3 aromatic heterocycles. The number of amides is 1. The number of hydrogen-bond acceptors (Lipinski definition) is 5. The number of aromatic nitrogens is 2. The maximum Gasteiger partial charge on any atom is 0.262 e. The molecular formula is C21H18ClN3O3S. The molecule has 148 valence electrons. The van der Waals surface area contributed by atoms with E-state index in [1.165, 1.54) is 22.2 Å². The second-order valence-electron chi connectivity index (χ2n) is 6.66. The van der Waals surface area contributed by atoms with Gasteiger partial charge < -0.3 is 9.32 Å². The molecule has 29 heavy (non-hydrogen) atoms. The van der Waals surface area contributed by atoms with Gasteiger partial charge in [-0.3, -0.25) is 14.2 Å². The van der Waals surface area contributed by atoms with Gasteiger partial charge in [-0.15, -0.1) is 11.3 Å². The summed E-state index contributed by atoms with van der Waals surface area (Å²) in [4.78, 5) is 31.5. The maximum atomic E-state index is 12.5. The summed E-state index contributed by atoms with van der Waals surface area (Å²) in [7, 11) is 1.72. The van der Waals surface area contributed by atoms with Crippen LogP contribution in [0.3, 0.4) is 0 Å². The van der Waals surface area contributed by atoms with Gasteiger partial charge in [0.2, 0.25) is 5.91 Å². The summed E-state index contributed by atoms with van der Waals surface area (Å²) < 4.78 is 7.33. The number of carbonyl (C=O) groups is 1. The summed E-state index contributed by atoms with van der Waals surface area (Å²) in [6, 6.07) is 12.9. The van der Waals surface area contributed by atoms with E-state index in [1.807, 2.05) is 29.6 Å². The molecule has 0 aliphatic carbocycles. The minimum absolute atomic E-state index is 0.0771. The van der Waals surface area contributed by atoms with Gasteiger partial charge in [0.05, 0.1) is 18.3 Å². The van der Waals surface area contributed by atoms with Crippen LogP contribution < -0.4 is 5.56 Å². The number of furan rings is 1. The van der Waals surface area contributed by atoms with E-state index in [1.54, 1.807) is 30.1 Å². The third-order valence-corrected chi connectivity index (χ3v) is 5.70. The number of hydrogen-bond donors (Lipinski definition) is 0. The van der Waals surface area contributed by atoms with Crippen molar-refractivity contribution in [2.75, 3.05) is 7.05 Å². The van der Waals surface area contributed by atoms with Crippen LogP contribution in [-0.4, -0.2) is 27.4 Å². The quantitative estimate of drug-likeness (QED) is 0.456. The second kappa shape index (κ2) is 8.23. The van der Waals surface area contributed by atoms with Gasteiger partial charge >= 0.3 is 0 Å². The summed E-state index contributed by atoms with van der Waals surface area (Å²) in [5.74, 6) is 1.33. The molecule has 0 radical (unpaired) electrons. The van der Waals surface area contributed by atoms with E-state index in [0.717, 1.165) is 11.3 Å². The van der Waals surface area contributed by atoms with Crippen LogP contribution in [0.2, 0.25) is 5.02 Å². The van der Waals surface area contributed by atoms with Gasteiger partial charge in [-0.2, -0.15) is 0 Å². The average Bonchev–Trinajstić information content (AvgIpc) is 3.38. The molecule has 0 fully saturated rings. The fraction of sp³-hybridized carbons (Fsp3) is 0.190. The van der Waals surface area contributed by atoms with Crippen molar-refractivity contribution >= 4 is 39.1 Å². The maximum absolute atomic E-state index is 12.5. The Balaban J connectivity index is 1.37. The molecule has 0 unspecified atom stereocenters. The Labute approximate surface area is 176 Å². The Bertz CT molecular complexity index is 1210. The topological polar surface area (TPSA) is 68.3 Å². The number of rotatable bonds is 6. The lowest BCUT2D eigenvalue weighted by Crippen LogP contribution is -2.29. The number of carbonyl (C=O) groups excluding carboxylic acids is 1. The van der Waals surface area contributed by atoms with E-state index in [9.17, 15) is 9.59 Å². The molecule has 0 spiro atoms. The molecule has 1 amide bonds. The molecule has 6 nitrogen and oxygen atoms in total. The number of thiophene rings is 1. The summed E-state index contributed by atoms with van der Waals surface area (Å²) in [6.45, 7) is 0.637. The van der Waals surface area contributed by atoms with Crippen LogP contribution in [-0.2, 0) is 17.9 Å². The number of aryl methyl sites for hydroxylation is 1. The van der Waals surface area contributed by atoms with Gasteiger partial charge in [-0.1, -0.05) is 11.6 Å². The first-order valence-corrected chi connectivity index (χ1v) is 10.3.